The SMILES string of the molecule is c1ccc(-n2c3cc(-n4c5cccc6ccc7c8c9ccccc9ccc8n(c8ccccc84)c7c65)ccc3c3c4ccccc4ccc32)cc1. The molecule has 0 atom stereocenters. The fourth-order valence-corrected chi connectivity index (χ4v) is 9.08. The van der Waals surface area contributed by atoms with Gasteiger partial charge in [0, 0.05) is 38.3 Å². The summed E-state index contributed by atoms with van der Waals surface area (Å²) < 4.78 is 7.44. The molecule has 0 unspecified atom stereocenters. The van der Waals surface area contributed by atoms with E-state index in [2.05, 4.69) is 189 Å². The van der Waals surface area contributed by atoms with Crippen molar-refractivity contribution < 1.29 is 0 Å². The number of hydrogen-bond donors (Lipinski definition) is 0. The van der Waals surface area contributed by atoms with E-state index in [0.29, 0.717) is 0 Å². The lowest BCUT2D eigenvalue weighted by Crippen LogP contribution is -1.99. The van der Waals surface area contributed by atoms with Crippen molar-refractivity contribution in [3.8, 4) is 11.4 Å². The Morgan fingerprint density at radius 3 is 1.65 bits per heavy atom. The van der Waals surface area contributed by atoms with Gasteiger partial charge in [0.05, 0.1) is 38.6 Å². The van der Waals surface area contributed by atoms with Gasteiger partial charge in [0.1, 0.15) is 0 Å². The Labute approximate surface area is 292 Å². The summed E-state index contributed by atoms with van der Waals surface area (Å²) in [7, 11) is 0. The summed E-state index contributed by atoms with van der Waals surface area (Å²) in [5.41, 5.74) is 10.7. The largest absolute Gasteiger partial charge is 0.309 e. The fraction of sp³-hybridized carbons (Fsp3) is 0. The number of para-hydroxylation sites is 3. The number of fused-ring (bicyclic) bond motifs is 12. The van der Waals surface area contributed by atoms with Gasteiger partial charge in [0.15, 0.2) is 0 Å². The second kappa shape index (κ2) is 9.87. The number of hydrogen-bond acceptors (Lipinski definition) is 0. The highest BCUT2D eigenvalue weighted by atomic mass is 15.0. The Bertz CT molecular complexity index is 3390. The smallest absolute Gasteiger partial charge is 0.0703 e. The van der Waals surface area contributed by atoms with Crippen LogP contribution in [0.1, 0.15) is 0 Å². The Morgan fingerprint density at radius 1 is 0.275 bits per heavy atom. The van der Waals surface area contributed by atoms with Crippen LogP contribution in [0.5, 0.6) is 0 Å². The molecule has 0 bridgehead atoms. The number of rotatable bonds is 2. The second-order valence-corrected chi connectivity index (χ2v) is 13.7. The van der Waals surface area contributed by atoms with Gasteiger partial charge in [-0.25, -0.2) is 0 Å². The molecule has 0 radical (unpaired) electrons. The van der Waals surface area contributed by atoms with Crippen LogP contribution in [0.2, 0.25) is 0 Å². The maximum absolute atomic E-state index is 2.52. The minimum absolute atomic E-state index is 1.13. The summed E-state index contributed by atoms with van der Waals surface area (Å²) in [6, 6.07) is 64.8. The zero-order valence-electron chi connectivity index (χ0n) is 27.6. The van der Waals surface area contributed by atoms with Crippen LogP contribution in [-0.2, 0) is 0 Å². The molecule has 0 amide bonds. The van der Waals surface area contributed by atoms with E-state index in [1.807, 2.05) is 0 Å². The lowest BCUT2D eigenvalue weighted by Gasteiger charge is -2.14. The van der Waals surface area contributed by atoms with Crippen molar-refractivity contribution >= 4 is 92.5 Å². The van der Waals surface area contributed by atoms with Gasteiger partial charge in [-0.2, -0.15) is 0 Å². The number of benzene rings is 9. The molecule has 0 aliphatic carbocycles. The summed E-state index contributed by atoms with van der Waals surface area (Å²) in [6.07, 6.45) is 0. The van der Waals surface area contributed by atoms with Gasteiger partial charge in [-0.1, -0.05) is 121 Å². The minimum Gasteiger partial charge on any atom is -0.309 e. The topological polar surface area (TPSA) is 14.3 Å². The molecule has 0 fully saturated rings. The molecular weight excluding hydrogens is 619 g/mol. The monoisotopic (exact) mass is 647 g/mol. The molecule has 0 N–H and O–H groups in total. The minimum atomic E-state index is 1.13. The van der Waals surface area contributed by atoms with E-state index in [1.165, 1.54) is 87.0 Å². The molecule has 236 valence electrons. The molecule has 9 aromatic carbocycles. The molecule has 12 aromatic rings. The normalized spacial score (nSPS) is 12.3. The molecular formula is C48H29N3. The molecule has 3 aromatic heterocycles. The molecule has 0 aliphatic heterocycles. The third-order valence-corrected chi connectivity index (χ3v) is 11.2. The van der Waals surface area contributed by atoms with Crippen LogP contribution in [0.3, 0.4) is 0 Å². The maximum Gasteiger partial charge on any atom is 0.0703 e. The van der Waals surface area contributed by atoms with Crippen molar-refractivity contribution in [2.24, 2.45) is 0 Å². The average Bonchev–Trinajstić information content (AvgIpc) is 3.67. The Kier molecular flexibility index (Phi) is 5.23. The van der Waals surface area contributed by atoms with Crippen molar-refractivity contribution in [2.45, 2.75) is 0 Å². The van der Waals surface area contributed by atoms with Crippen LogP contribution >= 0.6 is 0 Å². The van der Waals surface area contributed by atoms with Crippen molar-refractivity contribution in [1.82, 2.24) is 13.5 Å². The standard InChI is InChI=1S/C48H29N3/c1-2-14-33(15-3-1)49-42-27-22-30-11-4-6-16-35(30)46(42)37-26-24-34(29-44(37)49)50-39-18-8-9-19-40(39)51-43-28-23-31-12-5-7-17-36(31)47(43)38-25-21-32-13-10-20-41(50)45(32)48(38)51/h1-29H. The summed E-state index contributed by atoms with van der Waals surface area (Å²) in [4.78, 5) is 0. The van der Waals surface area contributed by atoms with E-state index in [0.717, 1.165) is 16.9 Å². The van der Waals surface area contributed by atoms with Crippen LogP contribution in [0.25, 0.3) is 104 Å². The molecule has 0 saturated carbocycles. The third kappa shape index (κ3) is 3.52. The average molecular weight is 648 g/mol. The molecule has 3 nitrogen and oxygen atoms in total. The van der Waals surface area contributed by atoms with Crippen molar-refractivity contribution in [1.29, 1.82) is 0 Å². The van der Waals surface area contributed by atoms with Crippen molar-refractivity contribution in [2.75, 3.05) is 0 Å². The van der Waals surface area contributed by atoms with E-state index in [4.69, 9.17) is 0 Å². The van der Waals surface area contributed by atoms with Gasteiger partial charge in [0.25, 0.3) is 0 Å². The summed E-state index contributed by atoms with van der Waals surface area (Å²) in [5.74, 6) is 0. The van der Waals surface area contributed by atoms with Crippen molar-refractivity contribution in [3.05, 3.63) is 176 Å². The van der Waals surface area contributed by atoms with Gasteiger partial charge < -0.3 is 13.5 Å². The first-order chi connectivity index (χ1) is 25.3. The zero-order chi connectivity index (χ0) is 33.2. The van der Waals surface area contributed by atoms with E-state index in [-0.39, 0.29) is 0 Å². The van der Waals surface area contributed by atoms with Crippen LogP contribution < -0.4 is 0 Å². The summed E-state index contributed by atoms with van der Waals surface area (Å²) in [5, 5.41) is 12.7. The van der Waals surface area contributed by atoms with E-state index >= 15 is 0 Å². The highest BCUT2D eigenvalue weighted by molar-refractivity contribution is 6.29. The van der Waals surface area contributed by atoms with Gasteiger partial charge in [-0.3, -0.25) is 0 Å². The lowest BCUT2D eigenvalue weighted by molar-refractivity contribution is 1.15. The highest BCUT2D eigenvalue weighted by Gasteiger charge is 2.21. The highest BCUT2D eigenvalue weighted by Crippen LogP contribution is 2.43. The lowest BCUT2D eigenvalue weighted by atomic mass is 10.0. The first kappa shape index (κ1) is 27.0. The van der Waals surface area contributed by atoms with Gasteiger partial charge >= 0.3 is 0 Å². The molecule has 0 saturated heterocycles. The Hall–Kier alpha value is -6.84. The van der Waals surface area contributed by atoms with Crippen LogP contribution in [-0.4, -0.2) is 13.5 Å². The van der Waals surface area contributed by atoms with Crippen LogP contribution in [0, 0.1) is 0 Å². The second-order valence-electron chi connectivity index (χ2n) is 13.7. The molecule has 0 spiro atoms. The van der Waals surface area contributed by atoms with Crippen LogP contribution in [0.15, 0.2) is 176 Å². The predicted molar refractivity (Wildman–Crippen MR) is 216 cm³/mol. The van der Waals surface area contributed by atoms with E-state index in [9.17, 15) is 0 Å². The van der Waals surface area contributed by atoms with Gasteiger partial charge in [0.2, 0.25) is 0 Å². The van der Waals surface area contributed by atoms with E-state index < -0.39 is 0 Å². The quantitative estimate of drug-likeness (QED) is 0.177. The number of nitrogens with zero attached hydrogens (tertiary/aromatic N) is 3. The fourth-order valence-electron chi connectivity index (χ4n) is 9.08. The molecule has 12 rings (SSSR count). The third-order valence-electron chi connectivity index (χ3n) is 11.2. The first-order valence-electron chi connectivity index (χ1n) is 17.6. The molecule has 3 heterocycles. The Balaban J connectivity index is 1.29. The van der Waals surface area contributed by atoms with Crippen molar-refractivity contribution in [3.63, 3.8) is 0 Å². The maximum atomic E-state index is 2.52. The van der Waals surface area contributed by atoms with E-state index in [1.54, 1.807) is 0 Å². The zero-order valence-corrected chi connectivity index (χ0v) is 27.6. The van der Waals surface area contributed by atoms with Gasteiger partial charge in [-0.15, -0.1) is 0 Å². The molecule has 0 aliphatic rings. The Morgan fingerprint density at radius 2 is 0.843 bits per heavy atom. The molecule has 51 heavy (non-hydrogen) atoms. The van der Waals surface area contributed by atoms with Gasteiger partial charge in [-0.05, 0) is 81.5 Å². The predicted octanol–water partition coefficient (Wildman–Crippen LogP) is 12.7. The first-order valence-corrected chi connectivity index (χ1v) is 17.6. The number of aromatic nitrogens is 3. The summed E-state index contributed by atoms with van der Waals surface area (Å²) >= 11 is 0. The summed E-state index contributed by atoms with van der Waals surface area (Å²) in [6.45, 7) is 0. The molecule has 3 heteroatoms. The van der Waals surface area contributed by atoms with Crippen LogP contribution in [0.4, 0.5) is 0 Å².